The molecule has 1 aliphatic heterocycles. The molecule has 0 bridgehead atoms. The highest BCUT2D eigenvalue weighted by molar-refractivity contribution is 5.77. The number of aliphatic carboxylic acids is 1. The number of carbonyl (C=O) groups excluding carboxylic acids is 1. The third-order valence-corrected chi connectivity index (χ3v) is 3.41. The summed E-state index contributed by atoms with van der Waals surface area (Å²) < 4.78 is 0. The Morgan fingerprint density at radius 2 is 2.12 bits per heavy atom. The summed E-state index contributed by atoms with van der Waals surface area (Å²) in [5.74, 6) is -0.307. The first-order chi connectivity index (χ1) is 7.86. The van der Waals surface area contributed by atoms with Gasteiger partial charge in [-0.2, -0.15) is 0 Å². The molecule has 1 atom stereocenters. The lowest BCUT2D eigenvalue weighted by atomic mass is 9.94. The lowest BCUT2D eigenvalue weighted by Crippen LogP contribution is -2.44. The average Bonchev–Trinajstić information content (AvgIpc) is 2.74. The van der Waals surface area contributed by atoms with Gasteiger partial charge in [-0.05, 0) is 26.2 Å². The van der Waals surface area contributed by atoms with Gasteiger partial charge in [0.15, 0.2) is 0 Å². The zero-order valence-electron chi connectivity index (χ0n) is 10.8. The molecule has 5 heteroatoms. The van der Waals surface area contributed by atoms with Crippen molar-refractivity contribution in [1.82, 2.24) is 10.2 Å². The molecule has 1 saturated heterocycles. The smallest absolute Gasteiger partial charge is 0.317 e. The third-order valence-electron chi connectivity index (χ3n) is 3.41. The van der Waals surface area contributed by atoms with Crippen molar-refractivity contribution >= 4 is 12.0 Å². The Bertz CT molecular complexity index is 302. The highest BCUT2D eigenvalue weighted by Crippen LogP contribution is 2.19. The molecule has 0 aliphatic carbocycles. The van der Waals surface area contributed by atoms with Crippen LogP contribution in [0.4, 0.5) is 4.79 Å². The summed E-state index contributed by atoms with van der Waals surface area (Å²) in [6, 6.07) is -0.143. The van der Waals surface area contributed by atoms with E-state index in [1.807, 2.05) is 0 Å². The quantitative estimate of drug-likeness (QED) is 0.785. The van der Waals surface area contributed by atoms with Crippen LogP contribution >= 0.6 is 0 Å². The van der Waals surface area contributed by atoms with E-state index in [0.717, 1.165) is 25.9 Å². The third kappa shape index (κ3) is 3.61. The van der Waals surface area contributed by atoms with E-state index in [0.29, 0.717) is 5.92 Å². The van der Waals surface area contributed by atoms with Crippen LogP contribution in [0.5, 0.6) is 0 Å². The van der Waals surface area contributed by atoms with Gasteiger partial charge in [0.2, 0.25) is 0 Å². The maximum absolute atomic E-state index is 11.8. The van der Waals surface area contributed by atoms with Gasteiger partial charge in [0.05, 0.1) is 5.41 Å². The summed E-state index contributed by atoms with van der Waals surface area (Å²) in [6.07, 6.45) is 2.14. The zero-order valence-corrected chi connectivity index (χ0v) is 10.8. The minimum Gasteiger partial charge on any atom is -0.481 e. The second-order valence-corrected chi connectivity index (χ2v) is 5.36. The molecule has 1 rings (SSSR count). The normalized spacial score (nSPS) is 20.4. The lowest BCUT2D eigenvalue weighted by molar-refractivity contribution is -0.146. The molecule has 17 heavy (non-hydrogen) atoms. The fourth-order valence-electron chi connectivity index (χ4n) is 1.83. The fourth-order valence-corrected chi connectivity index (χ4v) is 1.83. The molecule has 0 saturated carbocycles. The van der Waals surface area contributed by atoms with Gasteiger partial charge in [0.25, 0.3) is 0 Å². The molecule has 5 nitrogen and oxygen atoms in total. The summed E-state index contributed by atoms with van der Waals surface area (Å²) in [4.78, 5) is 24.5. The largest absolute Gasteiger partial charge is 0.481 e. The van der Waals surface area contributed by atoms with Gasteiger partial charge < -0.3 is 15.3 Å². The summed E-state index contributed by atoms with van der Waals surface area (Å²) in [6.45, 7) is 7.06. The number of rotatable bonds is 4. The lowest BCUT2D eigenvalue weighted by Gasteiger charge is -2.23. The predicted octanol–water partition coefficient (Wildman–Crippen LogP) is 1.54. The number of nitrogens with zero attached hydrogens (tertiary/aromatic N) is 1. The van der Waals surface area contributed by atoms with Gasteiger partial charge in [0, 0.05) is 19.6 Å². The number of carboxylic acids is 1. The Labute approximate surface area is 102 Å². The number of hydrogen-bond donors (Lipinski definition) is 2. The van der Waals surface area contributed by atoms with E-state index in [-0.39, 0.29) is 12.6 Å². The van der Waals surface area contributed by atoms with Gasteiger partial charge in [-0.25, -0.2) is 4.79 Å². The van der Waals surface area contributed by atoms with Crippen LogP contribution in [-0.2, 0) is 4.79 Å². The second-order valence-electron chi connectivity index (χ2n) is 5.36. The first-order valence-electron chi connectivity index (χ1n) is 6.13. The van der Waals surface area contributed by atoms with Gasteiger partial charge in [-0.1, -0.05) is 13.3 Å². The number of carbonyl (C=O) groups is 2. The van der Waals surface area contributed by atoms with Crippen LogP contribution in [0.1, 0.15) is 33.6 Å². The summed E-state index contributed by atoms with van der Waals surface area (Å²) >= 11 is 0. The van der Waals surface area contributed by atoms with E-state index in [9.17, 15) is 9.59 Å². The molecule has 1 fully saturated rings. The molecule has 98 valence electrons. The van der Waals surface area contributed by atoms with E-state index >= 15 is 0 Å². The van der Waals surface area contributed by atoms with Crippen molar-refractivity contribution in [1.29, 1.82) is 0 Å². The van der Waals surface area contributed by atoms with Crippen molar-refractivity contribution in [3.05, 3.63) is 0 Å². The zero-order chi connectivity index (χ0) is 13.1. The van der Waals surface area contributed by atoms with Crippen LogP contribution in [0.25, 0.3) is 0 Å². The van der Waals surface area contributed by atoms with Crippen molar-refractivity contribution < 1.29 is 14.7 Å². The van der Waals surface area contributed by atoms with Gasteiger partial charge in [-0.3, -0.25) is 4.79 Å². The van der Waals surface area contributed by atoms with Crippen LogP contribution in [-0.4, -0.2) is 41.6 Å². The number of amides is 2. The van der Waals surface area contributed by atoms with E-state index in [1.165, 1.54) is 0 Å². The van der Waals surface area contributed by atoms with Crippen molar-refractivity contribution in [2.24, 2.45) is 11.3 Å². The monoisotopic (exact) mass is 242 g/mol. The standard InChI is InChI=1S/C12H22N2O3/c1-4-9-5-6-14(7-9)11(17)13-8-12(2,3)10(15)16/h9H,4-8H2,1-3H3,(H,13,17)(H,15,16). The van der Waals surface area contributed by atoms with Crippen LogP contribution in [0, 0.1) is 11.3 Å². The number of urea groups is 1. The van der Waals surface area contributed by atoms with Gasteiger partial charge >= 0.3 is 12.0 Å². The molecule has 2 N–H and O–H groups in total. The number of nitrogens with one attached hydrogen (secondary N) is 1. The molecule has 0 spiro atoms. The molecule has 2 amide bonds. The first-order valence-corrected chi connectivity index (χ1v) is 6.13. The first kappa shape index (κ1) is 13.8. The summed E-state index contributed by atoms with van der Waals surface area (Å²) in [5, 5.41) is 11.6. The van der Waals surface area contributed by atoms with E-state index in [2.05, 4.69) is 12.2 Å². The van der Waals surface area contributed by atoms with Gasteiger partial charge in [0.1, 0.15) is 0 Å². The average molecular weight is 242 g/mol. The van der Waals surface area contributed by atoms with Crippen molar-refractivity contribution in [2.45, 2.75) is 33.6 Å². The highest BCUT2D eigenvalue weighted by atomic mass is 16.4. The molecule has 0 aromatic carbocycles. The maximum Gasteiger partial charge on any atom is 0.317 e. The molecular formula is C12H22N2O3. The Morgan fingerprint density at radius 3 is 2.59 bits per heavy atom. The molecular weight excluding hydrogens is 220 g/mol. The molecule has 1 heterocycles. The SMILES string of the molecule is CCC1CCN(C(=O)NCC(C)(C)C(=O)O)C1. The van der Waals surface area contributed by atoms with Crippen LogP contribution in [0.3, 0.4) is 0 Å². The molecule has 0 aromatic rings. The van der Waals surface area contributed by atoms with E-state index in [4.69, 9.17) is 5.11 Å². The Hall–Kier alpha value is -1.26. The Balaban J connectivity index is 2.38. The van der Waals surface area contributed by atoms with Crippen LogP contribution < -0.4 is 5.32 Å². The van der Waals surface area contributed by atoms with Crippen molar-refractivity contribution in [3.8, 4) is 0 Å². The number of hydrogen-bond acceptors (Lipinski definition) is 2. The fraction of sp³-hybridized carbons (Fsp3) is 0.833. The van der Waals surface area contributed by atoms with Crippen molar-refractivity contribution in [3.63, 3.8) is 0 Å². The van der Waals surface area contributed by atoms with E-state index in [1.54, 1.807) is 18.7 Å². The number of likely N-dealkylation sites (tertiary alicyclic amines) is 1. The van der Waals surface area contributed by atoms with Crippen LogP contribution in [0.15, 0.2) is 0 Å². The molecule has 0 radical (unpaired) electrons. The molecule has 1 aliphatic rings. The second kappa shape index (κ2) is 5.38. The van der Waals surface area contributed by atoms with Crippen molar-refractivity contribution in [2.75, 3.05) is 19.6 Å². The highest BCUT2D eigenvalue weighted by Gasteiger charge is 2.30. The summed E-state index contributed by atoms with van der Waals surface area (Å²) in [5.41, 5.74) is -0.917. The maximum atomic E-state index is 11.8. The minimum absolute atomic E-state index is 0.143. The van der Waals surface area contributed by atoms with Gasteiger partial charge in [-0.15, -0.1) is 0 Å². The number of carboxylic acid groups (broad SMARTS) is 1. The molecule has 0 aromatic heterocycles. The topological polar surface area (TPSA) is 69.6 Å². The predicted molar refractivity (Wildman–Crippen MR) is 64.8 cm³/mol. The summed E-state index contributed by atoms with van der Waals surface area (Å²) in [7, 11) is 0. The minimum atomic E-state index is -0.917. The Kier molecular flexibility index (Phi) is 4.37. The molecule has 1 unspecified atom stereocenters. The van der Waals surface area contributed by atoms with Crippen LogP contribution in [0.2, 0.25) is 0 Å². The van der Waals surface area contributed by atoms with E-state index < -0.39 is 11.4 Å². The Morgan fingerprint density at radius 1 is 1.47 bits per heavy atom.